The summed E-state index contributed by atoms with van der Waals surface area (Å²) in [4.78, 5) is 18.9. The van der Waals surface area contributed by atoms with Gasteiger partial charge in [-0.3, -0.25) is 9.39 Å². The van der Waals surface area contributed by atoms with Crippen molar-refractivity contribution in [3.63, 3.8) is 0 Å². The molecule has 1 atom stereocenters. The number of fused-ring (bicyclic) bond motifs is 1. The molecule has 0 aliphatic carbocycles. The van der Waals surface area contributed by atoms with E-state index in [2.05, 4.69) is 20.8 Å². The van der Waals surface area contributed by atoms with Crippen molar-refractivity contribution in [2.45, 2.75) is 65.0 Å². The van der Waals surface area contributed by atoms with E-state index in [1.165, 1.54) is 0 Å². The second kappa shape index (κ2) is 10.5. The summed E-state index contributed by atoms with van der Waals surface area (Å²) in [6.45, 7) is 10.5. The van der Waals surface area contributed by atoms with Gasteiger partial charge in [0.15, 0.2) is 11.6 Å². The topological polar surface area (TPSA) is 96.1 Å². The number of aryl methyl sites for hydroxylation is 1. The Morgan fingerprint density at radius 2 is 2.16 bits per heavy atom. The zero-order chi connectivity index (χ0) is 22.3. The number of nitrogens with one attached hydrogen (secondary N) is 2. The largest absolute Gasteiger partial charge is 0.444 e. The minimum atomic E-state index is -0.483. The molecule has 0 bridgehead atoms. The van der Waals surface area contributed by atoms with Crippen molar-refractivity contribution in [1.82, 2.24) is 30.1 Å². The number of nitrogens with zero attached hydrogens (tertiary/aromatic N) is 5. The predicted molar refractivity (Wildman–Crippen MR) is 121 cm³/mol. The van der Waals surface area contributed by atoms with Gasteiger partial charge in [0.25, 0.3) is 0 Å². The van der Waals surface area contributed by atoms with E-state index in [0.29, 0.717) is 13.1 Å². The predicted octanol–water partition coefficient (Wildman–Crippen LogP) is 2.62. The summed E-state index contributed by atoms with van der Waals surface area (Å²) >= 11 is 0. The Hall–Kier alpha value is -2.84. The standard InChI is InChI=1S/C22H35N7O2/c1-5-23-20(24-13-8-12-19-27-26-18-11-6-7-15-29(18)19)25-17-10-9-14-28(16-17)21(30)31-22(2,3)4/h6-7,11,15,17H,5,8-10,12-14,16H2,1-4H3,(H2,23,24,25). The average Bonchev–Trinajstić information content (AvgIpc) is 3.13. The first-order chi connectivity index (χ1) is 14.9. The number of carbonyl (C=O) groups excluding carboxylic acids is 1. The number of ether oxygens (including phenoxy) is 1. The highest BCUT2D eigenvalue weighted by Crippen LogP contribution is 2.15. The lowest BCUT2D eigenvalue weighted by molar-refractivity contribution is 0.0193. The van der Waals surface area contributed by atoms with E-state index < -0.39 is 5.60 Å². The van der Waals surface area contributed by atoms with Crippen molar-refractivity contribution in [1.29, 1.82) is 0 Å². The quantitative estimate of drug-likeness (QED) is 0.416. The van der Waals surface area contributed by atoms with Gasteiger partial charge < -0.3 is 20.3 Å². The highest BCUT2D eigenvalue weighted by atomic mass is 16.6. The molecule has 170 valence electrons. The second-order valence-corrected chi connectivity index (χ2v) is 8.82. The Labute approximate surface area is 184 Å². The molecule has 0 aromatic carbocycles. The SMILES string of the molecule is CCNC(=NCCCc1nnc2ccccn12)NC1CCCN(C(=O)OC(C)(C)C)C1. The van der Waals surface area contributed by atoms with Gasteiger partial charge in [-0.25, -0.2) is 4.79 Å². The van der Waals surface area contributed by atoms with Crippen LogP contribution in [0.3, 0.4) is 0 Å². The summed E-state index contributed by atoms with van der Waals surface area (Å²) in [6.07, 6.45) is 5.36. The molecule has 1 unspecified atom stereocenters. The van der Waals surface area contributed by atoms with E-state index in [4.69, 9.17) is 9.73 Å². The molecule has 1 saturated heterocycles. The van der Waals surface area contributed by atoms with Crippen molar-refractivity contribution in [2.24, 2.45) is 4.99 Å². The lowest BCUT2D eigenvalue weighted by Crippen LogP contribution is -2.53. The van der Waals surface area contributed by atoms with Crippen LogP contribution in [0.4, 0.5) is 4.79 Å². The molecule has 1 aliphatic heterocycles. The fourth-order valence-corrected chi connectivity index (χ4v) is 3.59. The van der Waals surface area contributed by atoms with Crippen LogP contribution in [0.25, 0.3) is 5.65 Å². The number of guanidine groups is 1. The maximum atomic E-state index is 12.4. The first kappa shape index (κ1) is 22.8. The number of aliphatic imine (C=N–C) groups is 1. The van der Waals surface area contributed by atoms with Crippen LogP contribution in [0.1, 0.15) is 52.8 Å². The molecule has 0 spiro atoms. The number of aromatic nitrogens is 3. The smallest absolute Gasteiger partial charge is 0.410 e. The lowest BCUT2D eigenvalue weighted by Gasteiger charge is -2.35. The normalized spacial score (nSPS) is 17.6. The number of hydrogen-bond donors (Lipinski definition) is 2. The first-order valence-corrected chi connectivity index (χ1v) is 11.2. The summed E-state index contributed by atoms with van der Waals surface area (Å²) in [7, 11) is 0. The lowest BCUT2D eigenvalue weighted by atomic mass is 10.1. The number of amides is 1. The van der Waals surface area contributed by atoms with Gasteiger partial charge in [-0.2, -0.15) is 0 Å². The molecule has 3 rings (SSSR count). The van der Waals surface area contributed by atoms with Crippen molar-refractivity contribution in [3.8, 4) is 0 Å². The fraction of sp³-hybridized carbons (Fsp3) is 0.636. The molecular formula is C22H35N7O2. The first-order valence-electron chi connectivity index (χ1n) is 11.2. The molecule has 31 heavy (non-hydrogen) atoms. The third-order valence-corrected chi connectivity index (χ3v) is 4.97. The van der Waals surface area contributed by atoms with Crippen LogP contribution in [0, 0.1) is 0 Å². The number of piperidine rings is 1. The Balaban J connectivity index is 1.51. The molecular weight excluding hydrogens is 394 g/mol. The highest BCUT2D eigenvalue weighted by Gasteiger charge is 2.28. The molecule has 2 N–H and O–H groups in total. The molecule has 3 heterocycles. The van der Waals surface area contributed by atoms with Gasteiger partial charge in [0.05, 0.1) is 0 Å². The van der Waals surface area contributed by atoms with Crippen LogP contribution in [-0.2, 0) is 11.2 Å². The van der Waals surface area contributed by atoms with E-state index >= 15 is 0 Å². The second-order valence-electron chi connectivity index (χ2n) is 8.82. The van der Waals surface area contributed by atoms with Gasteiger partial charge in [0.2, 0.25) is 0 Å². The minimum Gasteiger partial charge on any atom is -0.444 e. The van der Waals surface area contributed by atoms with Crippen LogP contribution in [0.2, 0.25) is 0 Å². The minimum absolute atomic E-state index is 0.152. The zero-order valence-electron chi connectivity index (χ0n) is 19.1. The van der Waals surface area contributed by atoms with E-state index in [0.717, 1.165) is 56.2 Å². The maximum Gasteiger partial charge on any atom is 0.410 e. The molecule has 2 aromatic heterocycles. The van der Waals surface area contributed by atoms with Gasteiger partial charge >= 0.3 is 6.09 Å². The van der Waals surface area contributed by atoms with Crippen molar-refractivity contribution >= 4 is 17.7 Å². The average molecular weight is 430 g/mol. The molecule has 0 radical (unpaired) electrons. The molecule has 0 saturated carbocycles. The van der Waals surface area contributed by atoms with E-state index in [1.54, 1.807) is 4.90 Å². The fourth-order valence-electron chi connectivity index (χ4n) is 3.59. The van der Waals surface area contributed by atoms with Crippen LogP contribution in [0.15, 0.2) is 29.4 Å². The van der Waals surface area contributed by atoms with E-state index in [9.17, 15) is 4.79 Å². The van der Waals surface area contributed by atoms with Gasteiger partial charge in [0.1, 0.15) is 11.4 Å². The Bertz CT molecular complexity index is 887. The van der Waals surface area contributed by atoms with Crippen molar-refractivity contribution < 1.29 is 9.53 Å². The van der Waals surface area contributed by atoms with Crippen LogP contribution in [0.5, 0.6) is 0 Å². The van der Waals surface area contributed by atoms with Crippen LogP contribution < -0.4 is 10.6 Å². The monoisotopic (exact) mass is 429 g/mol. The maximum absolute atomic E-state index is 12.4. The van der Waals surface area contributed by atoms with E-state index in [1.807, 2.05) is 56.5 Å². The molecule has 2 aromatic rings. The zero-order valence-corrected chi connectivity index (χ0v) is 19.1. The van der Waals surface area contributed by atoms with Crippen molar-refractivity contribution in [3.05, 3.63) is 30.2 Å². The van der Waals surface area contributed by atoms with Gasteiger partial charge in [0, 0.05) is 44.8 Å². The number of likely N-dealkylation sites (tertiary alicyclic amines) is 1. The summed E-state index contributed by atoms with van der Waals surface area (Å²) in [6, 6.07) is 6.05. The number of pyridine rings is 1. The molecule has 9 heteroatoms. The van der Waals surface area contributed by atoms with E-state index in [-0.39, 0.29) is 12.1 Å². The summed E-state index contributed by atoms with van der Waals surface area (Å²) in [5, 5.41) is 15.3. The van der Waals surface area contributed by atoms with Gasteiger partial charge in [-0.1, -0.05) is 6.07 Å². The van der Waals surface area contributed by atoms with Crippen LogP contribution in [-0.4, -0.2) is 69.4 Å². The molecule has 1 fully saturated rings. The number of rotatable bonds is 6. The Morgan fingerprint density at radius 3 is 2.94 bits per heavy atom. The number of hydrogen-bond acceptors (Lipinski definition) is 5. The molecule has 1 aliphatic rings. The third-order valence-electron chi connectivity index (χ3n) is 4.97. The number of carbonyl (C=O) groups is 1. The molecule has 1 amide bonds. The third kappa shape index (κ3) is 6.83. The summed E-state index contributed by atoms with van der Waals surface area (Å²) < 4.78 is 7.54. The Morgan fingerprint density at radius 1 is 1.32 bits per heavy atom. The van der Waals surface area contributed by atoms with Crippen LogP contribution >= 0.6 is 0 Å². The van der Waals surface area contributed by atoms with Gasteiger partial charge in [-0.15, -0.1) is 10.2 Å². The molecule has 9 nitrogen and oxygen atoms in total. The highest BCUT2D eigenvalue weighted by molar-refractivity contribution is 5.80. The summed E-state index contributed by atoms with van der Waals surface area (Å²) in [5.41, 5.74) is 0.381. The van der Waals surface area contributed by atoms with Crippen molar-refractivity contribution in [2.75, 3.05) is 26.2 Å². The Kier molecular flexibility index (Phi) is 7.70. The summed E-state index contributed by atoms with van der Waals surface area (Å²) in [5.74, 6) is 1.73. The van der Waals surface area contributed by atoms with Gasteiger partial charge in [-0.05, 0) is 59.1 Å².